The Bertz CT molecular complexity index is 2070. The molecule has 10 nitrogen and oxygen atoms in total. The molecule has 0 saturated heterocycles. The van der Waals surface area contributed by atoms with E-state index in [4.69, 9.17) is 13.1 Å². The van der Waals surface area contributed by atoms with E-state index >= 15 is 0 Å². The van der Waals surface area contributed by atoms with Crippen molar-refractivity contribution in [1.82, 2.24) is 0 Å². The summed E-state index contributed by atoms with van der Waals surface area (Å²) in [6.45, 7) is 0. The molecule has 0 N–H and O–H groups in total. The first-order valence-electron chi connectivity index (χ1n) is 14.2. The standard InChI is InChI=1S/C32H27F3O10S3/c33-32(34,35)48(40,41)45-28-21-27(18-13-23-11-16-25(17-12-23)43-46(36,37)29-7-3-1-4-8-29)42-31(22-28)24-14-19-26(20-15-24)44-47(38,39)30-9-5-2-6-10-30/h1-12,14-17,19-21,27,31H,13,18,22H2/t27-,31-/m0/s1. The summed E-state index contributed by atoms with van der Waals surface area (Å²) in [5.74, 6) is -0.449. The Hall–Kier alpha value is -4.38. The van der Waals surface area contributed by atoms with Crippen molar-refractivity contribution in [3.63, 3.8) is 0 Å². The summed E-state index contributed by atoms with van der Waals surface area (Å²) < 4.78 is 134. The Morgan fingerprint density at radius 3 is 1.60 bits per heavy atom. The highest BCUT2D eigenvalue weighted by Gasteiger charge is 2.49. The van der Waals surface area contributed by atoms with Crippen LogP contribution >= 0.6 is 0 Å². The first-order valence-corrected chi connectivity index (χ1v) is 18.4. The van der Waals surface area contributed by atoms with Crippen LogP contribution in [0.3, 0.4) is 0 Å². The minimum absolute atomic E-state index is 0.0187. The molecule has 48 heavy (non-hydrogen) atoms. The zero-order chi connectivity index (χ0) is 34.6. The van der Waals surface area contributed by atoms with Crippen LogP contribution in [0.15, 0.2) is 131 Å². The molecule has 0 spiro atoms. The van der Waals surface area contributed by atoms with Gasteiger partial charge in [0.15, 0.2) is 0 Å². The van der Waals surface area contributed by atoms with Gasteiger partial charge >= 0.3 is 35.9 Å². The smallest absolute Gasteiger partial charge is 0.381 e. The maximum atomic E-state index is 13.1. The highest BCUT2D eigenvalue weighted by atomic mass is 32.2. The molecule has 2 atom stereocenters. The molecule has 1 aliphatic heterocycles. The van der Waals surface area contributed by atoms with Crippen LogP contribution < -0.4 is 8.37 Å². The Morgan fingerprint density at radius 2 is 1.12 bits per heavy atom. The average molecular weight is 725 g/mol. The number of hydrogen-bond donors (Lipinski definition) is 0. The highest BCUT2D eigenvalue weighted by molar-refractivity contribution is 7.88. The number of alkyl halides is 3. The number of benzene rings is 4. The van der Waals surface area contributed by atoms with Gasteiger partial charge in [0.25, 0.3) is 0 Å². The Kier molecular flexibility index (Phi) is 10.2. The SMILES string of the molecule is O=S(=O)(Oc1ccc(CC[C@H]2C=C(OS(=O)(=O)C(F)(F)F)C[C@@H](c3ccc(OS(=O)(=O)c4ccccc4)cc3)O2)cc1)c1ccccc1. The Labute approximate surface area is 275 Å². The van der Waals surface area contributed by atoms with Gasteiger partial charge in [-0.15, -0.1) is 0 Å². The normalized spacial score (nSPS) is 17.3. The van der Waals surface area contributed by atoms with Crippen LogP contribution in [-0.2, 0) is 45.7 Å². The van der Waals surface area contributed by atoms with Crippen LogP contribution in [-0.4, -0.2) is 36.9 Å². The summed E-state index contributed by atoms with van der Waals surface area (Å²) in [5.41, 5.74) is -4.56. The van der Waals surface area contributed by atoms with Crippen LogP contribution in [0.4, 0.5) is 13.2 Å². The van der Waals surface area contributed by atoms with Crippen molar-refractivity contribution in [3.8, 4) is 11.5 Å². The van der Waals surface area contributed by atoms with Crippen LogP contribution in [0.5, 0.6) is 11.5 Å². The highest BCUT2D eigenvalue weighted by Crippen LogP contribution is 2.37. The lowest BCUT2D eigenvalue weighted by atomic mass is 9.99. The second-order valence-corrected chi connectivity index (χ2v) is 15.1. The molecule has 4 aromatic carbocycles. The van der Waals surface area contributed by atoms with Gasteiger partial charge in [0, 0.05) is 6.42 Å². The maximum absolute atomic E-state index is 13.1. The second-order valence-electron chi connectivity index (χ2n) is 10.4. The van der Waals surface area contributed by atoms with Crippen LogP contribution in [0.25, 0.3) is 0 Å². The van der Waals surface area contributed by atoms with E-state index in [2.05, 4.69) is 4.18 Å². The summed E-state index contributed by atoms with van der Waals surface area (Å²) in [5, 5.41) is 0. The number of rotatable bonds is 12. The van der Waals surface area contributed by atoms with Crippen LogP contribution in [0.1, 0.15) is 30.1 Å². The topological polar surface area (TPSA) is 139 Å². The fourth-order valence-electron chi connectivity index (χ4n) is 4.64. The van der Waals surface area contributed by atoms with Gasteiger partial charge in [0.05, 0.1) is 12.2 Å². The van der Waals surface area contributed by atoms with Crippen molar-refractivity contribution in [2.45, 2.75) is 46.8 Å². The van der Waals surface area contributed by atoms with Crippen molar-refractivity contribution in [2.24, 2.45) is 0 Å². The third-order valence-electron chi connectivity index (χ3n) is 6.97. The predicted octanol–water partition coefficient (Wildman–Crippen LogP) is 6.43. The van der Waals surface area contributed by atoms with Crippen LogP contribution in [0.2, 0.25) is 0 Å². The van der Waals surface area contributed by atoms with E-state index in [-0.39, 0.29) is 34.1 Å². The molecule has 254 valence electrons. The molecule has 5 rings (SSSR count). The molecule has 0 bridgehead atoms. The molecule has 0 aliphatic carbocycles. The fraction of sp³-hybridized carbons (Fsp3) is 0.188. The van der Waals surface area contributed by atoms with E-state index < -0.39 is 53.8 Å². The van der Waals surface area contributed by atoms with E-state index in [1.807, 2.05) is 0 Å². The summed E-state index contributed by atoms with van der Waals surface area (Å²) in [4.78, 5) is -0.0838. The molecule has 0 fully saturated rings. The summed E-state index contributed by atoms with van der Waals surface area (Å²) in [7, 11) is -14.1. The number of halogens is 3. The second kappa shape index (κ2) is 14.0. The zero-order valence-corrected chi connectivity index (χ0v) is 27.1. The van der Waals surface area contributed by atoms with Crippen molar-refractivity contribution in [2.75, 3.05) is 0 Å². The Balaban J connectivity index is 1.29. The quantitative estimate of drug-likeness (QED) is 0.119. The molecule has 0 saturated carbocycles. The minimum atomic E-state index is -5.96. The minimum Gasteiger partial charge on any atom is -0.381 e. The van der Waals surface area contributed by atoms with Crippen molar-refractivity contribution < 1.29 is 55.7 Å². The van der Waals surface area contributed by atoms with Crippen molar-refractivity contribution in [1.29, 1.82) is 0 Å². The molecule has 0 aromatic heterocycles. The molecule has 1 aliphatic rings. The molecule has 0 amide bonds. The average Bonchev–Trinajstić information content (AvgIpc) is 3.04. The molecule has 4 aromatic rings. The number of ether oxygens (including phenoxy) is 1. The summed E-state index contributed by atoms with van der Waals surface area (Å²) in [6.07, 6.45) is -0.593. The predicted molar refractivity (Wildman–Crippen MR) is 166 cm³/mol. The molecular weight excluding hydrogens is 698 g/mol. The lowest BCUT2D eigenvalue weighted by molar-refractivity contribution is -0.0548. The number of aryl methyl sites for hydroxylation is 1. The van der Waals surface area contributed by atoms with Gasteiger partial charge in [-0.1, -0.05) is 60.7 Å². The van der Waals surface area contributed by atoms with Crippen molar-refractivity contribution in [3.05, 3.63) is 132 Å². The lowest BCUT2D eigenvalue weighted by Crippen LogP contribution is -2.28. The molecular formula is C32H27F3O10S3. The zero-order valence-electron chi connectivity index (χ0n) is 24.7. The van der Waals surface area contributed by atoms with E-state index in [9.17, 15) is 38.4 Å². The van der Waals surface area contributed by atoms with E-state index in [0.717, 1.165) is 6.08 Å². The molecule has 0 unspecified atom stereocenters. The first kappa shape index (κ1) is 34.9. The van der Waals surface area contributed by atoms with Gasteiger partial charge in [-0.2, -0.15) is 38.4 Å². The molecule has 1 heterocycles. The largest absolute Gasteiger partial charge is 0.534 e. The van der Waals surface area contributed by atoms with Gasteiger partial charge in [0.1, 0.15) is 27.0 Å². The van der Waals surface area contributed by atoms with Gasteiger partial charge in [-0.25, -0.2) is 0 Å². The third-order valence-corrected chi connectivity index (χ3v) is 10.5. The van der Waals surface area contributed by atoms with E-state index in [1.54, 1.807) is 36.4 Å². The lowest BCUT2D eigenvalue weighted by Gasteiger charge is -2.29. The summed E-state index contributed by atoms with van der Waals surface area (Å²) in [6, 6.07) is 26.7. The fourth-order valence-corrected chi connectivity index (χ4v) is 7.04. The maximum Gasteiger partial charge on any atom is 0.534 e. The molecule has 16 heteroatoms. The number of hydrogen-bond acceptors (Lipinski definition) is 10. The summed E-state index contributed by atoms with van der Waals surface area (Å²) >= 11 is 0. The van der Waals surface area contributed by atoms with Gasteiger partial charge in [-0.05, 0) is 78.6 Å². The van der Waals surface area contributed by atoms with Gasteiger partial charge < -0.3 is 17.3 Å². The van der Waals surface area contributed by atoms with E-state index in [1.165, 1.54) is 72.8 Å². The van der Waals surface area contributed by atoms with Gasteiger partial charge in [0.2, 0.25) is 0 Å². The molecule has 0 radical (unpaired) electrons. The first-order chi connectivity index (χ1) is 22.6. The van der Waals surface area contributed by atoms with Crippen LogP contribution in [0, 0.1) is 0 Å². The third kappa shape index (κ3) is 8.74. The monoisotopic (exact) mass is 724 g/mol. The van der Waals surface area contributed by atoms with E-state index in [0.29, 0.717) is 17.5 Å². The Morgan fingerprint density at radius 1 is 0.646 bits per heavy atom. The van der Waals surface area contributed by atoms with Crippen molar-refractivity contribution >= 4 is 30.4 Å². The van der Waals surface area contributed by atoms with Gasteiger partial charge in [-0.3, -0.25) is 0 Å².